The minimum absolute atomic E-state index is 0.0268. The van der Waals surface area contributed by atoms with Gasteiger partial charge in [0.25, 0.3) is 0 Å². The molecule has 1 aromatic carbocycles. The molecule has 110 valence electrons. The van der Waals surface area contributed by atoms with Crippen LogP contribution in [-0.4, -0.2) is 25.1 Å². The average Bonchev–Trinajstić information content (AvgIpc) is 2.93. The van der Waals surface area contributed by atoms with Crippen LogP contribution in [0, 0.1) is 0 Å². The van der Waals surface area contributed by atoms with Crippen molar-refractivity contribution in [2.75, 3.05) is 18.5 Å². The van der Waals surface area contributed by atoms with E-state index in [1.807, 2.05) is 13.0 Å². The summed E-state index contributed by atoms with van der Waals surface area (Å²) < 4.78 is 5.36. The molecular weight excluding hydrogens is 276 g/mol. The van der Waals surface area contributed by atoms with Crippen LogP contribution in [0.2, 0.25) is 5.02 Å². The minimum Gasteiger partial charge on any atom is -0.492 e. The van der Waals surface area contributed by atoms with E-state index in [2.05, 4.69) is 10.6 Å². The molecule has 1 unspecified atom stereocenters. The SMILES string of the molecule is CCOc1ccc(NC(=O)CCC2CCCN2)cc1Cl. The molecule has 0 radical (unpaired) electrons. The Hall–Kier alpha value is -1.26. The van der Waals surface area contributed by atoms with Crippen LogP contribution < -0.4 is 15.4 Å². The summed E-state index contributed by atoms with van der Waals surface area (Å²) >= 11 is 6.09. The van der Waals surface area contributed by atoms with Crippen LogP contribution in [0.5, 0.6) is 5.75 Å². The fourth-order valence-electron chi connectivity index (χ4n) is 2.38. The van der Waals surface area contributed by atoms with E-state index in [9.17, 15) is 4.79 Å². The number of nitrogens with one attached hydrogen (secondary N) is 2. The Balaban J connectivity index is 1.82. The summed E-state index contributed by atoms with van der Waals surface area (Å²) in [6, 6.07) is 5.80. The number of hydrogen-bond acceptors (Lipinski definition) is 3. The maximum Gasteiger partial charge on any atom is 0.224 e. The van der Waals surface area contributed by atoms with Crippen LogP contribution >= 0.6 is 11.6 Å². The molecule has 1 saturated heterocycles. The zero-order chi connectivity index (χ0) is 14.4. The van der Waals surface area contributed by atoms with Gasteiger partial charge >= 0.3 is 0 Å². The summed E-state index contributed by atoms with van der Waals surface area (Å²) in [7, 11) is 0. The van der Waals surface area contributed by atoms with E-state index in [1.54, 1.807) is 12.1 Å². The number of amides is 1. The zero-order valence-corrected chi connectivity index (χ0v) is 12.5. The highest BCUT2D eigenvalue weighted by Crippen LogP contribution is 2.27. The van der Waals surface area contributed by atoms with Gasteiger partial charge in [0.15, 0.2) is 0 Å². The lowest BCUT2D eigenvalue weighted by molar-refractivity contribution is -0.116. The average molecular weight is 297 g/mol. The molecule has 0 aliphatic carbocycles. The van der Waals surface area contributed by atoms with Crippen LogP contribution in [-0.2, 0) is 4.79 Å². The third kappa shape index (κ3) is 4.39. The first kappa shape index (κ1) is 15.1. The first-order chi connectivity index (χ1) is 9.69. The van der Waals surface area contributed by atoms with Gasteiger partial charge in [-0.15, -0.1) is 0 Å². The largest absolute Gasteiger partial charge is 0.492 e. The molecule has 0 aromatic heterocycles. The molecule has 1 aromatic rings. The molecule has 20 heavy (non-hydrogen) atoms. The number of rotatable bonds is 6. The molecular formula is C15H21ClN2O2. The molecule has 0 bridgehead atoms. The van der Waals surface area contributed by atoms with Crippen molar-refractivity contribution < 1.29 is 9.53 Å². The number of hydrogen-bond donors (Lipinski definition) is 2. The minimum atomic E-state index is 0.0268. The number of anilines is 1. The van der Waals surface area contributed by atoms with E-state index in [4.69, 9.17) is 16.3 Å². The quantitative estimate of drug-likeness (QED) is 0.847. The lowest BCUT2D eigenvalue weighted by atomic mass is 10.1. The molecule has 4 nitrogen and oxygen atoms in total. The predicted octanol–water partition coefficient (Wildman–Crippen LogP) is 3.21. The van der Waals surface area contributed by atoms with E-state index >= 15 is 0 Å². The van der Waals surface area contributed by atoms with Crippen LogP contribution in [0.15, 0.2) is 18.2 Å². The van der Waals surface area contributed by atoms with Gasteiger partial charge in [0.2, 0.25) is 5.91 Å². The van der Waals surface area contributed by atoms with E-state index in [1.165, 1.54) is 12.8 Å². The van der Waals surface area contributed by atoms with Crippen molar-refractivity contribution in [2.45, 2.75) is 38.6 Å². The van der Waals surface area contributed by atoms with Crippen LogP contribution in [0.4, 0.5) is 5.69 Å². The lowest BCUT2D eigenvalue weighted by Gasteiger charge is -2.11. The normalized spacial score (nSPS) is 18.0. The molecule has 1 fully saturated rings. The van der Waals surface area contributed by atoms with Crippen molar-refractivity contribution in [3.63, 3.8) is 0 Å². The summed E-state index contributed by atoms with van der Waals surface area (Å²) in [5.41, 5.74) is 0.711. The first-order valence-electron chi connectivity index (χ1n) is 7.14. The van der Waals surface area contributed by atoms with Crippen molar-refractivity contribution in [1.82, 2.24) is 5.32 Å². The van der Waals surface area contributed by atoms with E-state index < -0.39 is 0 Å². The Morgan fingerprint density at radius 2 is 2.40 bits per heavy atom. The van der Waals surface area contributed by atoms with Gasteiger partial charge in [-0.1, -0.05) is 11.6 Å². The Morgan fingerprint density at radius 1 is 1.55 bits per heavy atom. The second-order valence-electron chi connectivity index (χ2n) is 4.96. The number of ether oxygens (including phenoxy) is 1. The summed E-state index contributed by atoms with van der Waals surface area (Å²) in [5, 5.41) is 6.77. The number of halogens is 1. The van der Waals surface area contributed by atoms with Gasteiger partial charge in [-0.3, -0.25) is 4.79 Å². The van der Waals surface area contributed by atoms with E-state index in [-0.39, 0.29) is 5.91 Å². The highest BCUT2D eigenvalue weighted by molar-refractivity contribution is 6.32. The fraction of sp³-hybridized carbons (Fsp3) is 0.533. The van der Waals surface area contributed by atoms with Gasteiger partial charge in [-0.2, -0.15) is 0 Å². The number of carbonyl (C=O) groups excluding carboxylic acids is 1. The molecule has 1 aliphatic heterocycles. The molecule has 5 heteroatoms. The van der Waals surface area contributed by atoms with Gasteiger partial charge in [0, 0.05) is 18.2 Å². The van der Waals surface area contributed by atoms with Gasteiger partial charge in [-0.25, -0.2) is 0 Å². The molecule has 1 amide bonds. The first-order valence-corrected chi connectivity index (χ1v) is 7.52. The van der Waals surface area contributed by atoms with Crippen molar-refractivity contribution in [3.8, 4) is 5.75 Å². The lowest BCUT2D eigenvalue weighted by Crippen LogP contribution is -2.23. The third-order valence-corrected chi connectivity index (χ3v) is 3.69. The highest BCUT2D eigenvalue weighted by Gasteiger charge is 2.15. The van der Waals surface area contributed by atoms with Crippen molar-refractivity contribution in [2.24, 2.45) is 0 Å². The maximum atomic E-state index is 11.9. The second-order valence-corrected chi connectivity index (χ2v) is 5.37. The Kier molecular flexibility index (Phi) is 5.68. The Morgan fingerprint density at radius 3 is 3.05 bits per heavy atom. The van der Waals surface area contributed by atoms with Gasteiger partial charge in [0.05, 0.1) is 11.6 Å². The summed E-state index contributed by atoms with van der Waals surface area (Å²) in [6.45, 7) is 3.55. The molecule has 1 atom stereocenters. The Labute approximate surface area is 124 Å². The Bertz CT molecular complexity index is 459. The molecule has 2 rings (SSSR count). The summed E-state index contributed by atoms with van der Waals surface area (Å²) in [6.07, 6.45) is 3.79. The zero-order valence-electron chi connectivity index (χ0n) is 11.7. The molecule has 0 spiro atoms. The maximum absolute atomic E-state index is 11.9. The number of benzene rings is 1. The monoisotopic (exact) mass is 296 g/mol. The smallest absolute Gasteiger partial charge is 0.224 e. The molecule has 1 heterocycles. The van der Waals surface area contributed by atoms with Crippen molar-refractivity contribution in [1.29, 1.82) is 0 Å². The van der Waals surface area contributed by atoms with Gasteiger partial charge in [0.1, 0.15) is 5.75 Å². The van der Waals surface area contributed by atoms with Gasteiger partial charge < -0.3 is 15.4 Å². The fourth-order valence-corrected chi connectivity index (χ4v) is 2.62. The molecule has 0 saturated carbocycles. The van der Waals surface area contributed by atoms with Crippen LogP contribution in [0.1, 0.15) is 32.6 Å². The standard InChI is InChI=1S/C15H21ClN2O2/c1-2-20-14-7-5-12(10-13(14)16)18-15(19)8-6-11-4-3-9-17-11/h5,7,10-11,17H,2-4,6,8-9H2,1H3,(H,18,19). The summed E-state index contributed by atoms with van der Waals surface area (Å²) in [5.74, 6) is 0.668. The highest BCUT2D eigenvalue weighted by atomic mass is 35.5. The van der Waals surface area contributed by atoms with E-state index in [0.29, 0.717) is 35.5 Å². The molecule has 2 N–H and O–H groups in total. The second kappa shape index (κ2) is 7.50. The van der Waals surface area contributed by atoms with Crippen LogP contribution in [0.25, 0.3) is 0 Å². The van der Waals surface area contributed by atoms with Crippen molar-refractivity contribution in [3.05, 3.63) is 23.2 Å². The van der Waals surface area contributed by atoms with Crippen LogP contribution in [0.3, 0.4) is 0 Å². The van der Waals surface area contributed by atoms with E-state index in [0.717, 1.165) is 13.0 Å². The van der Waals surface area contributed by atoms with Gasteiger partial charge in [-0.05, 0) is 50.9 Å². The topological polar surface area (TPSA) is 50.4 Å². The van der Waals surface area contributed by atoms with Crippen molar-refractivity contribution >= 4 is 23.2 Å². The molecule has 1 aliphatic rings. The third-order valence-electron chi connectivity index (χ3n) is 3.40. The number of carbonyl (C=O) groups is 1. The predicted molar refractivity (Wildman–Crippen MR) is 81.5 cm³/mol. The summed E-state index contributed by atoms with van der Waals surface area (Å²) in [4.78, 5) is 11.9.